The van der Waals surface area contributed by atoms with Crippen molar-refractivity contribution in [1.29, 1.82) is 0 Å². The molecule has 0 aromatic heterocycles. The molecule has 0 saturated carbocycles. The molecule has 0 aliphatic carbocycles. The Hall–Kier alpha value is -2.13. The maximum absolute atomic E-state index is 14.2. The van der Waals surface area contributed by atoms with Crippen molar-refractivity contribution in [2.45, 2.75) is 11.8 Å². The number of benzene rings is 2. The molecule has 6 nitrogen and oxygen atoms in total. The largest absolute Gasteiger partial charge is 0.496 e. The number of sulfonamides is 1. The summed E-state index contributed by atoms with van der Waals surface area (Å²) in [4.78, 5) is 11.0. The first kappa shape index (κ1) is 19.2. The Morgan fingerprint density at radius 1 is 1.28 bits per heavy atom. The number of aryl methyl sites for hydroxylation is 1. The molecule has 1 N–H and O–H groups in total. The topological polar surface area (TPSA) is 83.9 Å². The summed E-state index contributed by atoms with van der Waals surface area (Å²) in [5, 5.41) is 9.08. The van der Waals surface area contributed by atoms with Gasteiger partial charge in [0.2, 0.25) is 0 Å². The summed E-state index contributed by atoms with van der Waals surface area (Å²) in [6.45, 7) is 0.742. The van der Waals surface area contributed by atoms with Crippen LogP contribution in [0, 0.1) is 12.7 Å². The number of carboxylic acids is 1. The van der Waals surface area contributed by atoms with Gasteiger partial charge in [-0.1, -0.05) is 15.9 Å². The highest BCUT2D eigenvalue weighted by Crippen LogP contribution is 2.30. The van der Waals surface area contributed by atoms with Gasteiger partial charge in [-0.05, 0) is 48.9 Å². The predicted octanol–water partition coefficient (Wildman–Crippen LogP) is 3.19. The summed E-state index contributed by atoms with van der Waals surface area (Å²) in [7, 11) is -2.84. The number of aliphatic carboxylic acids is 1. The average Bonchev–Trinajstić information content (AvgIpc) is 2.52. The lowest BCUT2D eigenvalue weighted by molar-refractivity contribution is -0.135. The van der Waals surface area contributed by atoms with E-state index in [-0.39, 0.29) is 10.6 Å². The molecule has 0 aliphatic heterocycles. The fraction of sp³-hybridized carbons (Fsp3) is 0.188. The van der Waals surface area contributed by atoms with Crippen molar-refractivity contribution in [2.75, 3.05) is 18.0 Å². The molecule has 9 heteroatoms. The molecule has 2 aromatic carbocycles. The van der Waals surface area contributed by atoms with Crippen LogP contribution in [0.4, 0.5) is 10.1 Å². The Labute approximate surface area is 153 Å². The van der Waals surface area contributed by atoms with E-state index in [2.05, 4.69) is 15.9 Å². The number of anilines is 1. The number of hydrogen-bond donors (Lipinski definition) is 1. The minimum Gasteiger partial charge on any atom is -0.496 e. The van der Waals surface area contributed by atoms with Crippen molar-refractivity contribution in [1.82, 2.24) is 0 Å². The first-order valence-electron chi connectivity index (χ1n) is 7.01. The Bertz CT molecular complexity index is 917. The molecule has 0 spiro atoms. The highest BCUT2D eigenvalue weighted by molar-refractivity contribution is 9.10. The standard InChI is InChI=1S/C16H15BrFNO5S/c1-10-7-12(4-6-15(10)24-2)25(22,23)19(9-16(20)21)14-5-3-11(17)8-13(14)18/h3-8H,9H2,1-2H3,(H,20,21). The number of carbonyl (C=O) groups is 1. The number of halogens is 2. The summed E-state index contributed by atoms with van der Waals surface area (Å²) < 4.78 is 46.1. The molecule has 0 heterocycles. The summed E-state index contributed by atoms with van der Waals surface area (Å²) in [5.74, 6) is -1.78. The third-order valence-electron chi connectivity index (χ3n) is 3.41. The highest BCUT2D eigenvalue weighted by atomic mass is 79.9. The van der Waals surface area contributed by atoms with Crippen LogP contribution in [0.5, 0.6) is 5.75 Å². The minimum atomic E-state index is -4.29. The lowest BCUT2D eigenvalue weighted by atomic mass is 10.2. The summed E-state index contributed by atoms with van der Waals surface area (Å²) >= 11 is 3.08. The molecule has 0 radical (unpaired) electrons. The quantitative estimate of drug-likeness (QED) is 0.758. The first-order chi connectivity index (χ1) is 11.7. The minimum absolute atomic E-state index is 0.158. The second-order valence-electron chi connectivity index (χ2n) is 5.13. The van der Waals surface area contributed by atoms with Crippen LogP contribution in [-0.2, 0) is 14.8 Å². The van der Waals surface area contributed by atoms with E-state index < -0.39 is 28.4 Å². The van der Waals surface area contributed by atoms with Gasteiger partial charge in [0.25, 0.3) is 10.0 Å². The van der Waals surface area contributed by atoms with Crippen LogP contribution >= 0.6 is 15.9 Å². The maximum Gasteiger partial charge on any atom is 0.324 e. The van der Waals surface area contributed by atoms with Gasteiger partial charge in [-0.3, -0.25) is 9.10 Å². The third kappa shape index (κ3) is 4.10. The Kier molecular flexibility index (Phi) is 5.69. The van der Waals surface area contributed by atoms with Gasteiger partial charge in [-0.15, -0.1) is 0 Å². The maximum atomic E-state index is 14.2. The second kappa shape index (κ2) is 7.40. The van der Waals surface area contributed by atoms with E-state index in [1.54, 1.807) is 6.92 Å². The van der Waals surface area contributed by atoms with Crippen LogP contribution in [0.2, 0.25) is 0 Å². The zero-order valence-electron chi connectivity index (χ0n) is 13.4. The van der Waals surface area contributed by atoms with Gasteiger partial charge in [0.05, 0.1) is 17.7 Å². The predicted molar refractivity (Wildman–Crippen MR) is 94.0 cm³/mol. The zero-order valence-corrected chi connectivity index (χ0v) is 15.8. The molecular weight excluding hydrogens is 417 g/mol. The Morgan fingerprint density at radius 3 is 2.48 bits per heavy atom. The van der Waals surface area contributed by atoms with Crippen molar-refractivity contribution in [3.05, 3.63) is 52.3 Å². The SMILES string of the molecule is COc1ccc(S(=O)(=O)N(CC(=O)O)c2ccc(Br)cc2F)cc1C. The van der Waals surface area contributed by atoms with Crippen LogP contribution < -0.4 is 9.04 Å². The Morgan fingerprint density at radius 2 is 1.96 bits per heavy atom. The van der Waals surface area contributed by atoms with Gasteiger partial charge in [0.15, 0.2) is 0 Å². The molecule has 0 saturated heterocycles. The molecule has 2 rings (SSSR count). The molecule has 0 fully saturated rings. The fourth-order valence-electron chi connectivity index (χ4n) is 2.24. The first-order valence-corrected chi connectivity index (χ1v) is 9.24. The number of hydrogen-bond acceptors (Lipinski definition) is 4. The third-order valence-corrected chi connectivity index (χ3v) is 5.66. The van der Waals surface area contributed by atoms with E-state index in [1.807, 2.05) is 0 Å². The van der Waals surface area contributed by atoms with E-state index in [4.69, 9.17) is 9.84 Å². The normalized spacial score (nSPS) is 11.2. The van der Waals surface area contributed by atoms with Crippen molar-refractivity contribution >= 4 is 37.6 Å². The van der Waals surface area contributed by atoms with Gasteiger partial charge in [0, 0.05) is 4.47 Å². The molecule has 0 atom stereocenters. The number of ether oxygens (including phenoxy) is 1. The molecule has 0 bridgehead atoms. The number of methoxy groups -OCH3 is 1. The van der Waals surface area contributed by atoms with E-state index in [9.17, 15) is 17.6 Å². The van der Waals surface area contributed by atoms with Crippen molar-refractivity contribution in [2.24, 2.45) is 0 Å². The van der Waals surface area contributed by atoms with Gasteiger partial charge in [-0.25, -0.2) is 12.8 Å². The lowest BCUT2D eigenvalue weighted by Gasteiger charge is -2.23. The van der Waals surface area contributed by atoms with E-state index in [1.165, 1.54) is 37.4 Å². The summed E-state index contributed by atoms with van der Waals surface area (Å²) in [6, 6.07) is 7.79. The van der Waals surface area contributed by atoms with Crippen molar-refractivity contribution in [3.8, 4) is 5.75 Å². The molecule has 134 valence electrons. The summed E-state index contributed by atoms with van der Waals surface area (Å²) in [6.07, 6.45) is 0. The van der Waals surface area contributed by atoms with Crippen molar-refractivity contribution in [3.63, 3.8) is 0 Å². The van der Waals surface area contributed by atoms with Crippen LogP contribution in [0.15, 0.2) is 45.8 Å². The molecule has 0 unspecified atom stereocenters. The van der Waals surface area contributed by atoms with Gasteiger partial charge >= 0.3 is 5.97 Å². The highest BCUT2D eigenvalue weighted by Gasteiger charge is 2.29. The van der Waals surface area contributed by atoms with E-state index in [0.29, 0.717) is 20.1 Å². The monoisotopic (exact) mass is 431 g/mol. The number of rotatable bonds is 6. The van der Waals surface area contributed by atoms with E-state index >= 15 is 0 Å². The number of carboxylic acid groups (broad SMARTS) is 1. The summed E-state index contributed by atoms with van der Waals surface area (Å²) in [5.41, 5.74) is 0.203. The molecule has 0 aliphatic rings. The van der Waals surface area contributed by atoms with Gasteiger partial charge in [-0.2, -0.15) is 0 Å². The molecular formula is C16H15BrFNO5S. The number of nitrogens with zero attached hydrogens (tertiary/aromatic N) is 1. The van der Waals surface area contributed by atoms with Crippen LogP contribution in [0.1, 0.15) is 5.56 Å². The average molecular weight is 432 g/mol. The lowest BCUT2D eigenvalue weighted by Crippen LogP contribution is -2.36. The van der Waals surface area contributed by atoms with Gasteiger partial charge in [0.1, 0.15) is 18.1 Å². The molecule has 25 heavy (non-hydrogen) atoms. The van der Waals surface area contributed by atoms with Crippen LogP contribution in [0.3, 0.4) is 0 Å². The van der Waals surface area contributed by atoms with Crippen LogP contribution in [-0.4, -0.2) is 33.1 Å². The van der Waals surface area contributed by atoms with Crippen LogP contribution in [0.25, 0.3) is 0 Å². The van der Waals surface area contributed by atoms with Crippen molar-refractivity contribution < 1.29 is 27.4 Å². The smallest absolute Gasteiger partial charge is 0.324 e. The Balaban J connectivity index is 2.60. The zero-order chi connectivity index (χ0) is 18.8. The molecule has 2 aromatic rings. The second-order valence-corrected chi connectivity index (χ2v) is 7.91. The van der Waals surface area contributed by atoms with E-state index in [0.717, 1.165) is 6.07 Å². The fourth-order valence-corrected chi connectivity index (χ4v) is 4.09. The van der Waals surface area contributed by atoms with Gasteiger partial charge < -0.3 is 9.84 Å². The molecule has 0 amide bonds.